The molecule has 4 aromatic carbocycles. The predicted molar refractivity (Wildman–Crippen MR) is 139 cm³/mol. The van der Waals surface area contributed by atoms with Crippen molar-refractivity contribution in [3.63, 3.8) is 0 Å². The van der Waals surface area contributed by atoms with Crippen molar-refractivity contribution in [1.82, 2.24) is 5.01 Å². The molecule has 35 heavy (non-hydrogen) atoms. The zero-order valence-electron chi connectivity index (χ0n) is 19.2. The molecule has 172 valence electrons. The zero-order valence-corrected chi connectivity index (χ0v) is 19.9. The molecule has 2 atom stereocenters. The monoisotopic (exact) mass is 478 g/mol. The van der Waals surface area contributed by atoms with Crippen molar-refractivity contribution in [3.05, 3.63) is 124 Å². The highest BCUT2D eigenvalue weighted by atomic mass is 35.5. The van der Waals surface area contributed by atoms with Gasteiger partial charge in [-0.2, -0.15) is 5.10 Å². The van der Waals surface area contributed by atoms with Crippen LogP contribution in [0.5, 0.6) is 5.75 Å². The molecule has 0 N–H and O–H groups in total. The predicted octanol–water partition coefficient (Wildman–Crippen LogP) is 7.07. The molecule has 0 saturated heterocycles. The van der Waals surface area contributed by atoms with Crippen LogP contribution in [0.15, 0.2) is 102 Å². The lowest BCUT2D eigenvalue weighted by atomic mass is 9.95. The summed E-state index contributed by atoms with van der Waals surface area (Å²) >= 11 is 6.32. The Bertz CT molecular complexity index is 1430. The smallest absolute Gasteiger partial charge is 0.251 e. The van der Waals surface area contributed by atoms with E-state index in [0.717, 1.165) is 28.0 Å². The van der Waals surface area contributed by atoms with E-state index in [1.165, 1.54) is 5.56 Å². The Morgan fingerprint density at radius 2 is 1.57 bits per heavy atom. The summed E-state index contributed by atoms with van der Waals surface area (Å²) in [5, 5.41) is 7.34. The topological polar surface area (TPSA) is 41.9 Å². The first kappa shape index (κ1) is 21.6. The van der Waals surface area contributed by atoms with E-state index in [9.17, 15) is 4.79 Å². The number of fused-ring (bicyclic) bond motifs is 3. The van der Waals surface area contributed by atoms with Gasteiger partial charge in [0.1, 0.15) is 5.75 Å². The van der Waals surface area contributed by atoms with Crippen molar-refractivity contribution in [2.24, 2.45) is 5.10 Å². The van der Waals surface area contributed by atoms with E-state index < -0.39 is 6.23 Å². The fourth-order valence-corrected chi connectivity index (χ4v) is 4.93. The summed E-state index contributed by atoms with van der Waals surface area (Å²) in [4.78, 5) is 13.7. The first-order chi connectivity index (χ1) is 17.1. The Balaban J connectivity index is 1.36. The van der Waals surface area contributed by atoms with Gasteiger partial charge in [0, 0.05) is 22.6 Å². The van der Waals surface area contributed by atoms with Gasteiger partial charge >= 0.3 is 0 Å². The number of hydrazone groups is 1. The van der Waals surface area contributed by atoms with Crippen molar-refractivity contribution in [1.29, 1.82) is 0 Å². The van der Waals surface area contributed by atoms with E-state index in [-0.39, 0.29) is 11.8 Å². The Hall–Kier alpha value is -3.89. The highest BCUT2D eigenvalue weighted by Gasteiger charge is 2.43. The molecule has 0 spiro atoms. The highest BCUT2D eigenvalue weighted by Crippen LogP contribution is 2.44. The number of aryl methyl sites for hydroxylation is 1. The molecule has 4 nitrogen and oxygen atoms in total. The number of carbonyl (C=O) groups excluding carboxylic acids is 1. The molecular weight excluding hydrogens is 456 g/mol. The maximum absolute atomic E-state index is 13.7. The van der Waals surface area contributed by atoms with Gasteiger partial charge in [0.25, 0.3) is 6.23 Å². The molecule has 6 rings (SSSR count). The molecule has 0 fully saturated rings. The maximum Gasteiger partial charge on any atom is 0.251 e. The van der Waals surface area contributed by atoms with Crippen LogP contribution in [0.25, 0.3) is 11.1 Å². The molecule has 0 aliphatic carbocycles. The maximum atomic E-state index is 13.7. The van der Waals surface area contributed by atoms with E-state index in [1.807, 2.05) is 54.6 Å². The lowest BCUT2D eigenvalue weighted by molar-refractivity contribution is -0.00454. The van der Waals surface area contributed by atoms with Gasteiger partial charge in [0.05, 0.1) is 11.8 Å². The minimum Gasteiger partial charge on any atom is -0.461 e. The summed E-state index contributed by atoms with van der Waals surface area (Å²) in [6.45, 7) is 2.06. The lowest BCUT2D eigenvalue weighted by Crippen LogP contribution is -2.45. The highest BCUT2D eigenvalue weighted by molar-refractivity contribution is 6.30. The Labute approximate surface area is 209 Å². The molecule has 0 aromatic heterocycles. The van der Waals surface area contributed by atoms with E-state index in [4.69, 9.17) is 21.4 Å². The first-order valence-corrected chi connectivity index (χ1v) is 12.0. The van der Waals surface area contributed by atoms with Crippen molar-refractivity contribution in [2.75, 3.05) is 0 Å². The fourth-order valence-electron chi connectivity index (χ4n) is 4.75. The lowest BCUT2D eigenvalue weighted by Gasteiger charge is -2.37. The Morgan fingerprint density at radius 1 is 0.886 bits per heavy atom. The van der Waals surface area contributed by atoms with Gasteiger partial charge in [-0.25, -0.2) is 5.01 Å². The third-order valence-electron chi connectivity index (χ3n) is 6.64. The molecule has 2 aliphatic rings. The van der Waals surface area contributed by atoms with Gasteiger partial charge in [-0.3, -0.25) is 4.79 Å². The van der Waals surface area contributed by atoms with Crippen LogP contribution >= 0.6 is 11.6 Å². The number of nitrogens with zero attached hydrogens (tertiary/aromatic N) is 2. The number of benzene rings is 4. The minimum absolute atomic E-state index is 0.119. The second kappa shape index (κ2) is 8.71. The number of carbonyl (C=O) groups is 1. The van der Waals surface area contributed by atoms with Crippen LogP contribution in [0.1, 0.15) is 39.5 Å². The normalized spacial score (nSPS) is 18.3. The molecule has 0 amide bonds. The van der Waals surface area contributed by atoms with E-state index >= 15 is 0 Å². The second-order valence-corrected chi connectivity index (χ2v) is 9.41. The molecule has 0 bridgehead atoms. The van der Waals surface area contributed by atoms with E-state index in [0.29, 0.717) is 22.8 Å². The van der Waals surface area contributed by atoms with Crippen LogP contribution in [-0.4, -0.2) is 22.7 Å². The second-order valence-electron chi connectivity index (χ2n) is 8.97. The average molecular weight is 479 g/mol. The van der Waals surface area contributed by atoms with Crippen LogP contribution < -0.4 is 4.74 Å². The van der Waals surface area contributed by atoms with Crippen LogP contribution in [0, 0.1) is 6.92 Å². The van der Waals surface area contributed by atoms with Crippen LogP contribution in [0.4, 0.5) is 0 Å². The third-order valence-corrected chi connectivity index (χ3v) is 6.87. The number of Topliss-reactive ketones (excluding diaryl/α,β-unsaturated/α-hetero) is 1. The molecule has 4 aromatic rings. The number of hydrogen-bond donors (Lipinski definition) is 0. The van der Waals surface area contributed by atoms with E-state index in [2.05, 4.69) is 43.3 Å². The third kappa shape index (κ3) is 4.00. The zero-order chi connectivity index (χ0) is 23.9. The molecular formula is C30H23ClN2O2. The van der Waals surface area contributed by atoms with Gasteiger partial charge < -0.3 is 4.74 Å². The van der Waals surface area contributed by atoms with E-state index in [1.54, 1.807) is 11.1 Å². The van der Waals surface area contributed by atoms with Crippen molar-refractivity contribution >= 4 is 23.1 Å². The Morgan fingerprint density at radius 3 is 2.31 bits per heavy atom. The molecule has 0 saturated carbocycles. The number of ketones is 1. The molecule has 2 heterocycles. The summed E-state index contributed by atoms with van der Waals surface area (Å²) < 4.78 is 6.25. The van der Waals surface area contributed by atoms with Crippen LogP contribution in [0.2, 0.25) is 5.02 Å². The number of rotatable bonds is 4. The quantitative estimate of drug-likeness (QED) is 0.294. The Kier molecular flexibility index (Phi) is 5.39. The average Bonchev–Trinajstić information content (AvgIpc) is 3.35. The van der Waals surface area contributed by atoms with Gasteiger partial charge in [0.2, 0.25) is 5.78 Å². The summed E-state index contributed by atoms with van der Waals surface area (Å²) in [6.07, 6.45) is -0.171. The fraction of sp³-hybridized carbons (Fsp3) is 0.133. The van der Waals surface area contributed by atoms with Crippen molar-refractivity contribution in [3.8, 4) is 16.9 Å². The SMILES string of the molecule is Cc1ccc(C2=NN3[C@H](C2)c2cc(Cl)ccc2O[C@H]3C(=O)c2ccc(-c3ccccc3)cc2)cc1. The summed E-state index contributed by atoms with van der Waals surface area (Å²) in [7, 11) is 0. The largest absolute Gasteiger partial charge is 0.461 e. The van der Waals surface area contributed by atoms with Crippen molar-refractivity contribution < 1.29 is 9.53 Å². The minimum atomic E-state index is -0.848. The summed E-state index contributed by atoms with van der Waals surface area (Å²) in [5.41, 5.74) is 6.88. The van der Waals surface area contributed by atoms with Gasteiger partial charge in [-0.1, -0.05) is 96.0 Å². The van der Waals surface area contributed by atoms with Gasteiger partial charge in [0.15, 0.2) is 0 Å². The van der Waals surface area contributed by atoms with Crippen molar-refractivity contribution in [2.45, 2.75) is 25.6 Å². The summed E-state index contributed by atoms with van der Waals surface area (Å²) in [6, 6.07) is 31.5. The molecule has 5 heteroatoms. The van der Waals surface area contributed by atoms with Gasteiger partial charge in [-0.15, -0.1) is 0 Å². The summed E-state index contributed by atoms with van der Waals surface area (Å²) in [5.74, 6) is 0.555. The van der Waals surface area contributed by atoms with Crippen LogP contribution in [-0.2, 0) is 0 Å². The standard InChI is InChI=1S/C30H23ClN2O2/c1-19-7-9-22(10-8-19)26-18-27-25-17-24(31)15-16-28(25)35-30(33(27)32-26)29(34)23-13-11-21(12-14-23)20-5-3-2-4-6-20/h2-17,27,30H,18H2,1H3/t27-,30+/m1/s1. The molecule has 0 radical (unpaired) electrons. The number of halogens is 1. The number of hydrogen-bond acceptors (Lipinski definition) is 4. The molecule has 2 aliphatic heterocycles. The van der Waals surface area contributed by atoms with Gasteiger partial charge in [-0.05, 0) is 41.8 Å². The number of ether oxygens (including phenoxy) is 1. The van der Waals surface area contributed by atoms with Crippen LogP contribution in [0.3, 0.4) is 0 Å². The molecule has 0 unspecified atom stereocenters. The first-order valence-electron chi connectivity index (χ1n) is 11.7.